The number of ether oxygens (including phenoxy) is 1. The van der Waals surface area contributed by atoms with Gasteiger partial charge in [0.2, 0.25) is 0 Å². The number of anilines is 1. The molecule has 2 aromatic rings. The Labute approximate surface area is 128 Å². The van der Waals surface area contributed by atoms with Crippen molar-refractivity contribution in [1.29, 1.82) is 10.5 Å². The number of rotatable bonds is 2. The SMILES string of the molecule is N#CC(C#N)=Cc1cc2ccccc2[nH+]c1N1CCOCC1. The van der Waals surface area contributed by atoms with E-state index in [2.05, 4.69) is 9.88 Å². The van der Waals surface area contributed by atoms with Gasteiger partial charge in [-0.3, -0.25) is 4.90 Å². The highest BCUT2D eigenvalue weighted by molar-refractivity contribution is 5.82. The molecule has 1 aromatic carbocycles. The first kappa shape index (κ1) is 14.1. The summed E-state index contributed by atoms with van der Waals surface area (Å²) in [5.41, 5.74) is 1.97. The number of hydrogen-bond acceptors (Lipinski definition) is 4. The number of pyridine rings is 1. The van der Waals surface area contributed by atoms with E-state index < -0.39 is 0 Å². The Morgan fingerprint density at radius 1 is 1.18 bits per heavy atom. The monoisotopic (exact) mass is 291 g/mol. The van der Waals surface area contributed by atoms with Crippen LogP contribution in [0.25, 0.3) is 17.0 Å². The van der Waals surface area contributed by atoms with Gasteiger partial charge in [-0.05, 0) is 18.2 Å². The number of aromatic amines is 1. The maximum absolute atomic E-state index is 9.02. The number of hydrogen-bond donors (Lipinski definition) is 0. The molecule has 0 aliphatic carbocycles. The first-order valence-corrected chi connectivity index (χ1v) is 7.11. The van der Waals surface area contributed by atoms with E-state index in [9.17, 15) is 0 Å². The van der Waals surface area contributed by atoms with Crippen LogP contribution in [0.15, 0.2) is 35.9 Å². The van der Waals surface area contributed by atoms with Gasteiger partial charge in [-0.1, -0.05) is 18.2 Å². The largest absolute Gasteiger partial charge is 0.373 e. The number of allylic oxidation sites excluding steroid dienone is 1. The van der Waals surface area contributed by atoms with Crippen molar-refractivity contribution in [2.75, 3.05) is 31.2 Å². The summed E-state index contributed by atoms with van der Waals surface area (Å²) in [4.78, 5) is 5.61. The first-order chi connectivity index (χ1) is 10.8. The number of benzene rings is 1. The fourth-order valence-corrected chi connectivity index (χ4v) is 2.58. The number of nitriles is 2. The van der Waals surface area contributed by atoms with Gasteiger partial charge in [-0.15, -0.1) is 0 Å². The van der Waals surface area contributed by atoms with Gasteiger partial charge >= 0.3 is 0 Å². The molecule has 2 heterocycles. The number of H-pyrrole nitrogens is 1. The van der Waals surface area contributed by atoms with E-state index in [-0.39, 0.29) is 5.57 Å². The van der Waals surface area contributed by atoms with E-state index in [1.165, 1.54) is 0 Å². The van der Waals surface area contributed by atoms with Crippen molar-refractivity contribution in [3.05, 3.63) is 41.5 Å². The van der Waals surface area contributed by atoms with Crippen LogP contribution in [0.4, 0.5) is 5.82 Å². The Morgan fingerprint density at radius 3 is 2.64 bits per heavy atom. The van der Waals surface area contributed by atoms with E-state index in [4.69, 9.17) is 15.3 Å². The van der Waals surface area contributed by atoms with Crippen molar-refractivity contribution in [3.63, 3.8) is 0 Å². The lowest BCUT2D eigenvalue weighted by Crippen LogP contribution is -2.40. The first-order valence-electron chi connectivity index (χ1n) is 7.11. The summed E-state index contributed by atoms with van der Waals surface area (Å²) in [6.45, 7) is 2.91. The smallest absolute Gasteiger partial charge is 0.282 e. The van der Waals surface area contributed by atoms with E-state index in [1.807, 2.05) is 42.5 Å². The van der Waals surface area contributed by atoms with Gasteiger partial charge in [0.05, 0.1) is 18.8 Å². The molecule has 1 N–H and O–H groups in total. The quantitative estimate of drug-likeness (QED) is 0.792. The third kappa shape index (κ3) is 2.76. The second-order valence-corrected chi connectivity index (χ2v) is 5.04. The van der Waals surface area contributed by atoms with Crippen molar-refractivity contribution < 1.29 is 9.72 Å². The van der Waals surface area contributed by atoms with Gasteiger partial charge in [-0.2, -0.15) is 10.5 Å². The number of aromatic nitrogens is 1. The molecule has 1 saturated heterocycles. The number of para-hydroxylation sites is 1. The highest BCUT2D eigenvalue weighted by Gasteiger charge is 2.23. The standard InChI is InChI=1S/C17H14N4O/c18-11-13(12-19)9-15-10-14-3-1-2-4-16(14)20-17(15)21-5-7-22-8-6-21/h1-4,9-10H,5-8H2/p+1. The zero-order valence-electron chi connectivity index (χ0n) is 12.0. The van der Waals surface area contributed by atoms with Crippen LogP contribution in [0.3, 0.4) is 0 Å². The van der Waals surface area contributed by atoms with Crippen LogP contribution in [0.1, 0.15) is 5.56 Å². The molecule has 108 valence electrons. The third-order valence-electron chi connectivity index (χ3n) is 3.67. The zero-order chi connectivity index (χ0) is 15.4. The highest BCUT2D eigenvalue weighted by Crippen LogP contribution is 2.23. The molecule has 0 atom stereocenters. The Morgan fingerprint density at radius 2 is 1.91 bits per heavy atom. The molecule has 5 heteroatoms. The van der Waals surface area contributed by atoms with E-state index in [1.54, 1.807) is 6.08 Å². The zero-order valence-corrected chi connectivity index (χ0v) is 12.0. The molecule has 0 radical (unpaired) electrons. The van der Waals surface area contributed by atoms with Crippen molar-refractivity contribution in [2.24, 2.45) is 0 Å². The Hall–Kier alpha value is -2.89. The van der Waals surface area contributed by atoms with Crippen LogP contribution in [-0.2, 0) is 4.74 Å². The van der Waals surface area contributed by atoms with Gasteiger partial charge in [0.1, 0.15) is 36.3 Å². The number of fused-ring (bicyclic) bond motifs is 1. The van der Waals surface area contributed by atoms with Crippen LogP contribution >= 0.6 is 0 Å². The van der Waals surface area contributed by atoms with Crippen LogP contribution in [0.2, 0.25) is 0 Å². The average Bonchev–Trinajstić information content (AvgIpc) is 2.59. The van der Waals surface area contributed by atoms with E-state index in [0.29, 0.717) is 13.2 Å². The van der Waals surface area contributed by atoms with Gasteiger partial charge < -0.3 is 4.74 Å². The second-order valence-electron chi connectivity index (χ2n) is 5.04. The lowest BCUT2D eigenvalue weighted by Gasteiger charge is -2.22. The molecule has 0 spiro atoms. The summed E-state index contributed by atoms with van der Waals surface area (Å²) in [6, 6.07) is 13.8. The summed E-state index contributed by atoms with van der Waals surface area (Å²) in [5, 5.41) is 19.1. The van der Waals surface area contributed by atoms with E-state index in [0.717, 1.165) is 35.4 Å². The molecule has 5 nitrogen and oxygen atoms in total. The molecule has 3 rings (SSSR count). The average molecular weight is 291 g/mol. The second kappa shape index (κ2) is 6.26. The minimum atomic E-state index is 0.0955. The lowest BCUT2D eigenvalue weighted by molar-refractivity contribution is -0.331. The van der Waals surface area contributed by atoms with Crippen LogP contribution in [0.5, 0.6) is 0 Å². The molecule has 0 amide bonds. The predicted octanol–water partition coefficient (Wildman–Crippen LogP) is 1.92. The minimum absolute atomic E-state index is 0.0955. The molecule has 1 aromatic heterocycles. The Balaban J connectivity index is 2.16. The molecule has 0 bridgehead atoms. The van der Waals surface area contributed by atoms with Crippen molar-refractivity contribution in [3.8, 4) is 12.1 Å². The summed E-state index contributed by atoms with van der Waals surface area (Å²) in [6.07, 6.45) is 1.63. The number of nitrogens with zero attached hydrogens (tertiary/aromatic N) is 3. The molecule has 0 saturated carbocycles. The Bertz CT molecular complexity index is 791. The summed E-state index contributed by atoms with van der Waals surface area (Å²) in [7, 11) is 0. The number of morpholine rings is 1. The molecule has 1 fully saturated rings. The van der Waals surface area contributed by atoms with E-state index >= 15 is 0 Å². The minimum Gasteiger partial charge on any atom is -0.373 e. The summed E-state index contributed by atoms with van der Waals surface area (Å²) in [5.74, 6) is 0.921. The summed E-state index contributed by atoms with van der Waals surface area (Å²) >= 11 is 0. The normalized spacial score (nSPS) is 14.2. The fourth-order valence-electron chi connectivity index (χ4n) is 2.58. The molecule has 22 heavy (non-hydrogen) atoms. The summed E-state index contributed by atoms with van der Waals surface area (Å²) < 4.78 is 5.40. The van der Waals surface area contributed by atoms with Crippen molar-refractivity contribution >= 4 is 22.8 Å². The van der Waals surface area contributed by atoms with Gasteiger partial charge in [0, 0.05) is 5.39 Å². The third-order valence-corrected chi connectivity index (χ3v) is 3.67. The number of nitrogens with one attached hydrogen (secondary N) is 1. The van der Waals surface area contributed by atoms with Crippen molar-refractivity contribution in [2.45, 2.75) is 0 Å². The van der Waals surface area contributed by atoms with Crippen molar-refractivity contribution in [1.82, 2.24) is 0 Å². The molecular formula is C17H15N4O+. The van der Waals surface area contributed by atoms with Crippen LogP contribution in [0, 0.1) is 22.7 Å². The maximum Gasteiger partial charge on any atom is 0.282 e. The predicted molar refractivity (Wildman–Crippen MR) is 82.7 cm³/mol. The fraction of sp³-hybridized carbons (Fsp3) is 0.235. The van der Waals surface area contributed by atoms with Crippen LogP contribution < -0.4 is 9.88 Å². The molecular weight excluding hydrogens is 276 g/mol. The maximum atomic E-state index is 9.02. The van der Waals surface area contributed by atoms with Gasteiger partial charge in [0.25, 0.3) is 5.82 Å². The highest BCUT2D eigenvalue weighted by atomic mass is 16.5. The van der Waals surface area contributed by atoms with Gasteiger partial charge in [0.15, 0.2) is 0 Å². The Kier molecular flexibility index (Phi) is 4.00. The molecule has 0 unspecified atom stereocenters. The topological polar surface area (TPSA) is 74.2 Å². The molecule has 1 aliphatic rings. The van der Waals surface area contributed by atoms with Gasteiger partial charge in [-0.25, -0.2) is 4.98 Å². The lowest BCUT2D eigenvalue weighted by atomic mass is 10.1. The van der Waals surface area contributed by atoms with Crippen LogP contribution in [-0.4, -0.2) is 26.3 Å². The molecule has 1 aliphatic heterocycles.